The summed E-state index contributed by atoms with van der Waals surface area (Å²) < 4.78 is 5.45. The number of carbonyl (C=O) groups is 2. The molecule has 1 heterocycles. The predicted molar refractivity (Wildman–Crippen MR) is 127 cm³/mol. The van der Waals surface area contributed by atoms with Gasteiger partial charge in [0.2, 0.25) is 5.91 Å². The van der Waals surface area contributed by atoms with Crippen molar-refractivity contribution in [2.24, 2.45) is 0 Å². The molecule has 1 unspecified atom stereocenters. The Labute approximate surface area is 187 Å². The molecule has 0 aromatic heterocycles. The lowest BCUT2D eigenvalue weighted by atomic mass is 10.2. The summed E-state index contributed by atoms with van der Waals surface area (Å²) in [4.78, 5) is 26.6. The Hall–Kier alpha value is -4.00. The van der Waals surface area contributed by atoms with E-state index < -0.39 is 0 Å². The van der Waals surface area contributed by atoms with Gasteiger partial charge in [0.15, 0.2) is 0 Å². The van der Waals surface area contributed by atoms with E-state index in [0.717, 1.165) is 22.8 Å². The maximum absolute atomic E-state index is 12.4. The van der Waals surface area contributed by atoms with Crippen molar-refractivity contribution in [2.45, 2.75) is 19.4 Å². The molecule has 7 heteroatoms. The summed E-state index contributed by atoms with van der Waals surface area (Å²) in [6.45, 7) is 2.95. The van der Waals surface area contributed by atoms with E-state index >= 15 is 0 Å². The maximum atomic E-state index is 12.4. The first-order chi connectivity index (χ1) is 15.6. The first-order valence-electron chi connectivity index (χ1n) is 10.6. The summed E-state index contributed by atoms with van der Waals surface area (Å²) in [7, 11) is 0. The molecule has 1 atom stereocenters. The van der Waals surface area contributed by atoms with Gasteiger partial charge in [-0.05, 0) is 67.6 Å². The van der Waals surface area contributed by atoms with Crippen molar-refractivity contribution in [2.75, 3.05) is 28.7 Å². The minimum absolute atomic E-state index is 0.0178. The van der Waals surface area contributed by atoms with Crippen molar-refractivity contribution >= 4 is 34.7 Å². The molecule has 4 rings (SSSR count). The van der Waals surface area contributed by atoms with E-state index in [9.17, 15) is 9.59 Å². The number of urea groups is 1. The number of benzene rings is 3. The second-order valence-electron chi connectivity index (χ2n) is 7.50. The number of hydrogen-bond acceptors (Lipinski definition) is 4. The first kappa shape index (κ1) is 21.2. The minimum atomic E-state index is -0.333. The van der Waals surface area contributed by atoms with Crippen molar-refractivity contribution in [3.63, 3.8) is 0 Å². The molecule has 3 aromatic rings. The van der Waals surface area contributed by atoms with E-state index in [1.54, 1.807) is 4.90 Å². The van der Waals surface area contributed by atoms with Gasteiger partial charge in [0.25, 0.3) is 0 Å². The second-order valence-corrected chi connectivity index (χ2v) is 7.50. The Kier molecular flexibility index (Phi) is 6.55. The van der Waals surface area contributed by atoms with Crippen molar-refractivity contribution in [1.82, 2.24) is 5.32 Å². The zero-order valence-corrected chi connectivity index (χ0v) is 17.9. The van der Waals surface area contributed by atoms with Gasteiger partial charge in [-0.1, -0.05) is 18.2 Å². The van der Waals surface area contributed by atoms with Crippen LogP contribution in [0.15, 0.2) is 78.9 Å². The zero-order valence-electron chi connectivity index (χ0n) is 17.9. The van der Waals surface area contributed by atoms with Gasteiger partial charge in [0, 0.05) is 35.7 Å². The first-order valence-corrected chi connectivity index (χ1v) is 10.6. The SMILES string of the molecule is CCOc1ccc(N2CC(NC(=O)Nc3ccc(Nc4ccccc4)cc3)CC2=O)cc1. The van der Waals surface area contributed by atoms with Crippen molar-refractivity contribution in [3.8, 4) is 5.75 Å². The van der Waals surface area contributed by atoms with Crippen molar-refractivity contribution in [1.29, 1.82) is 0 Å². The van der Waals surface area contributed by atoms with Crippen molar-refractivity contribution < 1.29 is 14.3 Å². The second kappa shape index (κ2) is 9.87. The molecule has 1 saturated heterocycles. The lowest BCUT2D eigenvalue weighted by Gasteiger charge is -2.18. The van der Waals surface area contributed by atoms with E-state index in [-0.39, 0.29) is 24.4 Å². The standard InChI is InChI=1S/C25H26N4O3/c1-2-32-23-14-12-22(13-15-23)29-17-21(16-24(29)30)28-25(31)27-20-10-8-19(9-11-20)26-18-6-4-3-5-7-18/h3-15,21,26H,2,16-17H2,1H3,(H2,27,28,31). The van der Waals surface area contributed by atoms with Gasteiger partial charge in [-0.3, -0.25) is 4.79 Å². The van der Waals surface area contributed by atoms with Crippen LogP contribution in [0.4, 0.5) is 27.5 Å². The Morgan fingerprint density at radius 1 is 0.938 bits per heavy atom. The maximum Gasteiger partial charge on any atom is 0.319 e. The Balaban J connectivity index is 1.29. The number of nitrogens with zero attached hydrogens (tertiary/aromatic N) is 1. The molecule has 1 aliphatic heterocycles. The minimum Gasteiger partial charge on any atom is -0.494 e. The summed E-state index contributed by atoms with van der Waals surface area (Å²) in [5, 5.41) is 9.02. The van der Waals surface area contributed by atoms with Crippen LogP contribution in [0.3, 0.4) is 0 Å². The molecule has 3 aromatic carbocycles. The van der Waals surface area contributed by atoms with E-state index in [1.807, 2.05) is 85.8 Å². The largest absolute Gasteiger partial charge is 0.494 e. The van der Waals surface area contributed by atoms with E-state index in [4.69, 9.17) is 4.74 Å². The Morgan fingerprint density at radius 2 is 1.59 bits per heavy atom. The van der Waals surface area contributed by atoms with Crippen LogP contribution in [0.25, 0.3) is 0 Å². The quantitative estimate of drug-likeness (QED) is 0.505. The van der Waals surface area contributed by atoms with Crippen LogP contribution in [-0.4, -0.2) is 31.1 Å². The van der Waals surface area contributed by atoms with Crippen LogP contribution in [0, 0.1) is 0 Å². The highest BCUT2D eigenvalue weighted by Gasteiger charge is 2.31. The van der Waals surface area contributed by atoms with Crippen LogP contribution < -0.4 is 25.6 Å². The van der Waals surface area contributed by atoms with Crippen LogP contribution in [0.5, 0.6) is 5.75 Å². The summed E-state index contributed by atoms with van der Waals surface area (Å²) >= 11 is 0. The molecule has 0 spiro atoms. The van der Waals surface area contributed by atoms with Gasteiger partial charge in [0.05, 0.1) is 12.6 Å². The van der Waals surface area contributed by atoms with Crippen LogP contribution >= 0.6 is 0 Å². The molecule has 1 aliphatic rings. The van der Waals surface area contributed by atoms with Gasteiger partial charge in [-0.25, -0.2) is 4.79 Å². The van der Waals surface area contributed by atoms with Gasteiger partial charge < -0.3 is 25.6 Å². The lowest BCUT2D eigenvalue weighted by molar-refractivity contribution is -0.117. The molecule has 0 aliphatic carbocycles. The fraction of sp³-hybridized carbons (Fsp3) is 0.200. The molecule has 32 heavy (non-hydrogen) atoms. The van der Waals surface area contributed by atoms with Crippen LogP contribution in [0.1, 0.15) is 13.3 Å². The van der Waals surface area contributed by atoms with Crippen LogP contribution in [-0.2, 0) is 4.79 Å². The molecular formula is C25H26N4O3. The van der Waals surface area contributed by atoms with Gasteiger partial charge >= 0.3 is 6.03 Å². The van der Waals surface area contributed by atoms with Crippen LogP contribution in [0.2, 0.25) is 0 Å². The summed E-state index contributed by atoms with van der Waals surface area (Å²) in [6, 6.07) is 24.1. The van der Waals surface area contributed by atoms with E-state index in [0.29, 0.717) is 18.8 Å². The highest BCUT2D eigenvalue weighted by atomic mass is 16.5. The third kappa shape index (κ3) is 5.37. The Bertz CT molecular complexity index is 1050. The smallest absolute Gasteiger partial charge is 0.319 e. The Morgan fingerprint density at radius 3 is 2.28 bits per heavy atom. The number of para-hydroxylation sites is 1. The molecule has 0 saturated carbocycles. The highest BCUT2D eigenvalue weighted by molar-refractivity contribution is 5.97. The molecule has 7 nitrogen and oxygen atoms in total. The number of carbonyl (C=O) groups excluding carboxylic acids is 2. The van der Waals surface area contributed by atoms with Crippen molar-refractivity contribution in [3.05, 3.63) is 78.9 Å². The molecule has 3 N–H and O–H groups in total. The summed E-state index contributed by atoms with van der Waals surface area (Å²) in [5.74, 6) is 0.748. The third-order valence-corrected chi connectivity index (χ3v) is 5.12. The van der Waals surface area contributed by atoms with Gasteiger partial charge in [-0.15, -0.1) is 0 Å². The molecule has 0 radical (unpaired) electrons. The van der Waals surface area contributed by atoms with E-state index in [2.05, 4.69) is 16.0 Å². The number of amides is 3. The number of hydrogen-bond donors (Lipinski definition) is 3. The van der Waals surface area contributed by atoms with E-state index in [1.165, 1.54) is 0 Å². The fourth-order valence-corrected chi connectivity index (χ4v) is 3.62. The highest BCUT2D eigenvalue weighted by Crippen LogP contribution is 2.24. The van der Waals surface area contributed by atoms with Gasteiger partial charge in [0.1, 0.15) is 5.75 Å². The third-order valence-electron chi connectivity index (χ3n) is 5.12. The average Bonchev–Trinajstić information content (AvgIpc) is 3.16. The lowest BCUT2D eigenvalue weighted by Crippen LogP contribution is -2.39. The number of ether oxygens (including phenoxy) is 1. The molecule has 3 amide bonds. The number of rotatable bonds is 7. The fourth-order valence-electron chi connectivity index (χ4n) is 3.62. The summed E-state index contributed by atoms with van der Waals surface area (Å²) in [5.41, 5.74) is 3.39. The zero-order chi connectivity index (χ0) is 22.3. The topological polar surface area (TPSA) is 82.7 Å². The number of nitrogens with one attached hydrogen (secondary N) is 3. The predicted octanol–water partition coefficient (Wildman–Crippen LogP) is 4.76. The molecule has 0 bridgehead atoms. The summed E-state index contributed by atoms with van der Waals surface area (Å²) in [6.07, 6.45) is 0.264. The number of anilines is 4. The molecule has 164 valence electrons. The monoisotopic (exact) mass is 430 g/mol. The average molecular weight is 431 g/mol. The normalized spacial score (nSPS) is 15.3. The van der Waals surface area contributed by atoms with Gasteiger partial charge in [-0.2, -0.15) is 0 Å². The molecular weight excluding hydrogens is 404 g/mol. The molecule has 1 fully saturated rings.